The van der Waals surface area contributed by atoms with Crippen LogP contribution in [0.5, 0.6) is 11.6 Å². The quantitative estimate of drug-likeness (QED) is 0.188. The average molecular weight is 642 g/mol. The van der Waals surface area contributed by atoms with Crippen molar-refractivity contribution in [3.05, 3.63) is 77.7 Å². The average Bonchev–Trinajstić information content (AvgIpc) is 2.96. The van der Waals surface area contributed by atoms with E-state index in [1.165, 1.54) is 0 Å². The third kappa shape index (κ3) is 11.1. The molecule has 0 saturated heterocycles. The number of benzene rings is 2. The summed E-state index contributed by atoms with van der Waals surface area (Å²) in [6.07, 6.45) is 5.35. The van der Waals surface area contributed by atoms with Gasteiger partial charge in [0.1, 0.15) is 22.7 Å². The van der Waals surface area contributed by atoms with Gasteiger partial charge in [-0.15, -0.1) is 0 Å². The van der Waals surface area contributed by atoms with Crippen LogP contribution in [0.15, 0.2) is 60.8 Å². The molecule has 0 radical (unpaired) electrons. The number of amides is 2. The second-order valence-corrected chi connectivity index (χ2v) is 13.8. The van der Waals surface area contributed by atoms with E-state index in [1.807, 2.05) is 36.4 Å². The highest BCUT2D eigenvalue weighted by atomic mass is 32.2. The first-order chi connectivity index (χ1) is 21.2. The minimum atomic E-state index is -3.47. The molecule has 0 spiro atoms. The molecule has 3 aromatic rings. The van der Waals surface area contributed by atoms with E-state index in [0.29, 0.717) is 44.3 Å². The number of carbonyl (C=O) groups is 2. The number of ether oxygens (including phenoxy) is 2. The third-order valence-corrected chi connectivity index (χ3v) is 7.66. The highest BCUT2D eigenvalue weighted by molar-refractivity contribution is 7.85. The van der Waals surface area contributed by atoms with E-state index in [1.54, 1.807) is 32.9 Å². The first-order valence-corrected chi connectivity index (χ1v) is 16.7. The van der Waals surface area contributed by atoms with Crippen LogP contribution in [0.3, 0.4) is 0 Å². The Morgan fingerprint density at radius 1 is 0.956 bits per heavy atom. The molecule has 0 aliphatic heterocycles. The number of nitrogens with zero attached hydrogens (tertiary/aromatic N) is 1. The molecule has 1 aliphatic rings. The van der Waals surface area contributed by atoms with E-state index in [0.717, 1.165) is 35.2 Å². The van der Waals surface area contributed by atoms with Crippen LogP contribution in [0.25, 0.3) is 11.1 Å². The van der Waals surface area contributed by atoms with E-state index in [9.17, 15) is 22.4 Å². The Labute approximate surface area is 263 Å². The fraction of sp³-hybridized carbons (Fsp3) is 0.424. The summed E-state index contributed by atoms with van der Waals surface area (Å²) < 4.78 is 52.8. The van der Waals surface area contributed by atoms with Gasteiger partial charge >= 0.3 is 6.09 Å². The topological polar surface area (TPSA) is 133 Å². The van der Waals surface area contributed by atoms with E-state index in [4.69, 9.17) is 13.7 Å². The molecule has 1 aliphatic carbocycles. The zero-order valence-electron chi connectivity index (χ0n) is 26.0. The fourth-order valence-electron chi connectivity index (χ4n) is 5.03. The van der Waals surface area contributed by atoms with Crippen molar-refractivity contribution in [2.45, 2.75) is 77.0 Å². The van der Waals surface area contributed by atoms with Crippen LogP contribution in [0.2, 0.25) is 0 Å². The Hall–Kier alpha value is -4.03. The summed E-state index contributed by atoms with van der Waals surface area (Å²) in [5.74, 6) is -0.762. The van der Waals surface area contributed by atoms with Crippen LogP contribution in [0, 0.1) is 5.82 Å². The fourth-order valence-corrected chi connectivity index (χ4v) is 5.45. The van der Waals surface area contributed by atoms with E-state index >= 15 is 0 Å². The van der Waals surface area contributed by atoms with Gasteiger partial charge in [0.15, 0.2) is 0 Å². The van der Waals surface area contributed by atoms with Crippen molar-refractivity contribution in [1.29, 1.82) is 0 Å². The smallest absolute Gasteiger partial charge is 0.407 e. The number of alkyl carbamates (subject to hydrolysis) is 1. The largest absolute Gasteiger partial charge is 0.444 e. The third-order valence-electron chi connectivity index (χ3n) is 7.06. The molecule has 242 valence electrons. The standard InChI is InChI=1S/C33H40FN3O7S/c1-33(2,3)44-32(39)37-27-15-13-26(14-16-27)36-30(38)29-20-25(34)21-35-31(29)43-28-12-6-11-24(19-28)23-10-5-8-22(18-23)9-7-17-42-45(4,40)41/h5-6,8,10-12,18-21,26-27H,7,9,13-17H2,1-4H3,(H,36,38)(H,37,39). The van der Waals surface area contributed by atoms with E-state index in [2.05, 4.69) is 15.6 Å². The number of halogens is 1. The van der Waals surface area contributed by atoms with Crippen LogP contribution in [0.4, 0.5) is 9.18 Å². The molecule has 0 bridgehead atoms. The molecule has 1 heterocycles. The van der Waals surface area contributed by atoms with Gasteiger partial charge in [-0.2, -0.15) is 8.42 Å². The van der Waals surface area contributed by atoms with Crippen molar-refractivity contribution < 1.29 is 36.1 Å². The van der Waals surface area contributed by atoms with Gasteiger partial charge in [-0.3, -0.25) is 8.98 Å². The van der Waals surface area contributed by atoms with Crippen molar-refractivity contribution in [1.82, 2.24) is 15.6 Å². The molecule has 1 aromatic heterocycles. The van der Waals surface area contributed by atoms with Gasteiger partial charge in [0.2, 0.25) is 5.88 Å². The highest BCUT2D eigenvalue weighted by Crippen LogP contribution is 2.30. The number of hydrogen-bond donors (Lipinski definition) is 2. The highest BCUT2D eigenvalue weighted by Gasteiger charge is 2.27. The second kappa shape index (κ2) is 14.8. The molecule has 2 aromatic carbocycles. The number of rotatable bonds is 11. The summed E-state index contributed by atoms with van der Waals surface area (Å²) in [5.41, 5.74) is 2.19. The van der Waals surface area contributed by atoms with Gasteiger partial charge in [-0.05, 0) is 94.2 Å². The zero-order valence-corrected chi connectivity index (χ0v) is 26.8. The number of aryl methyl sites for hydroxylation is 1. The molecule has 1 saturated carbocycles. The van der Waals surface area contributed by atoms with Crippen molar-refractivity contribution in [3.8, 4) is 22.8 Å². The van der Waals surface area contributed by atoms with Crippen molar-refractivity contribution in [3.63, 3.8) is 0 Å². The summed E-state index contributed by atoms with van der Waals surface area (Å²) in [4.78, 5) is 29.4. The lowest BCUT2D eigenvalue weighted by molar-refractivity contribution is 0.0487. The normalized spacial score (nSPS) is 16.9. The molecule has 4 rings (SSSR count). The Balaban J connectivity index is 1.38. The Bertz CT molecular complexity index is 1600. The summed E-state index contributed by atoms with van der Waals surface area (Å²) in [6.45, 7) is 5.53. The Morgan fingerprint density at radius 3 is 2.27 bits per heavy atom. The number of pyridine rings is 1. The Morgan fingerprint density at radius 2 is 1.60 bits per heavy atom. The molecule has 45 heavy (non-hydrogen) atoms. The van der Waals surface area contributed by atoms with Gasteiger partial charge < -0.3 is 20.1 Å². The van der Waals surface area contributed by atoms with Crippen LogP contribution in [-0.2, 0) is 25.5 Å². The Kier molecular flexibility index (Phi) is 11.2. The molecule has 2 amide bonds. The molecule has 12 heteroatoms. The lowest BCUT2D eigenvalue weighted by atomic mass is 9.91. The van der Waals surface area contributed by atoms with Crippen LogP contribution < -0.4 is 15.4 Å². The maximum Gasteiger partial charge on any atom is 0.407 e. The van der Waals surface area contributed by atoms with E-state index < -0.39 is 33.5 Å². The first kappa shape index (κ1) is 33.9. The summed E-state index contributed by atoms with van der Waals surface area (Å²) in [5, 5.41) is 5.84. The van der Waals surface area contributed by atoms with Crippen LogP contribution in [0.1, 0.15) is 68.8 Å². The summed E-state index contributed by atoms with van der Waals surface area (Å²) >= 11 is 0. The minimum absolute atomic E-state index is 0.0206. The molecule has 10 nitrogen and oxygen atoms in total. The van der Waals surface area contributed by atoms with Crippen LogP contribution in [-0.4, -0.2) is 55.9 Å². The van der Waals surface area contributed by atoms with Crippen molar-refractivity contribution in [2.24, 2.45) is 0 Å². The molecular weight excluding hydrogens is 601 g/mol. The van der Waals surface area contributed by atoms with Gasteiger partial charge in [-0.1, -0.05) is 36.4 Å². The predicted octanol–water partition coefficient (Wildman–Crippen LogP) is 6.15. The SMILES string of the molecule is CC(C)(C)OC(=O)NC1CCC(NC(=O)c2cc(F)cnc2Oc2cccc(-c3cccc(CCCOS(C)(=O)=O)c3)c2)CC1. The van der Waals surface area contributed by atoms with Crippen LogP contribution >= 0.6 is 0 Å². The maximum absolute atomic E-state index is 14.2. The predicted molar refractivity (Wildman–Crippen MR) is 168 cm³/mol. The van der Waals surface area contributed by atoms with Crippen molar-refractivity contribution >= 4 is 22.1 Å². The number of hydrogen-bond acceptors (Lipinski definition) is 8. The maximum atomic E-state index is 14.2. The number of aromatic nitrogens is 1. The molecule has 0 unspecified atom stereocenters. The van der Waals surface area contributed by atoms with E-state index in [-0.39, 0.29) is 30.1 Å². The summed E-state index contributed by atoms with van der Waals surface area (Å²) in [6, 6.07) is 16.0. The lowest BCUT2D eigenvalue weighted by Gasteiger charge is -2.30. The minimum Gasteiger partial charge on any atom is -0.444 e. The first-order valence-electron chi connectivity index (χ1n) is 14.9. The van der Waals surface area contributed by atoms with Gasteiger partial charge in [0, 0.05) is 12.1 Å². The summed E-state index contributed by atoms with van der Waals surface area (Å²) in [7, 11) is -3.47. The van der Waals surface area contributed by atoms with Gasteiger partial charge in [0.25, 0.3) is 16.0 Å². The monoisotopic (exact) mass is 641 g/mol. The van der Waals surface area contributed by atoms with Gasteiger partial charge in [0.05, 0.1) is 19.1 Å². The van der Waals surface area contributed by atoms with Gasteiger partial charge in [-0.25, -0.2) is 14.2 Å². The van der Waals surface area contributed by atoms with Crippen molar-refractivity contribution in [2.75, 3.05) is 12.9 Å². The molecular formula is C33H40FN3O7S. The molecule has 0 atom stereocenters. The number of carbonyl (C=O) groups excluding carboxylic acids is 2. The number of nitrogens with one attached hydrogen (secondary N) is 2. The lowest BCUT2D eigenvalue weighted by Crippen LogP contribution is -2.45. The second-order valence-electron chi connectivity index (χ2n) is 12.1. The zero-order chi connectivity index (χ0) is 32.6. The molecule has 1 fully saturated rings. The molecule has 2 N–H and O–H groups in total.